The number of rotatable bonds is 8. The van der Waals surface area contributed by atoms with Crippen LogP contribution in [0.1, 0.15) is 16.7 Å². The van der Waals surface area contributed by atoms with Gasteiger partial charge in [0.05, 0.1) is 28.9 Å². The van der Waals surface area contributed by atoms with Gasteiger partial charge in [-0.15, -0.1) is 0 Å². The van der Waals surface area contributed by atoms with Crippen LogP contribution in [0.2, 0.25) is 0 Å². The van der Waals surface area contributed by atoms with E-state index in [-0.39, 0.29) is 23.5 Å². The van der Waals surface area contributed by atoms with E-state index < -0.39 is 30.2 Å². The van der Waals surface area contributed by atoms with E-state index in [4.69, 9.17) is 14.6 Å². The summed E-state index contributed by atoms with van der Waals surface area (Å²) >= 11 is 1.93. The lowest BCUT2D eigenvalue weighted by Gasteiger charge is -2.12. The van der Waals surface area contributed by atoms with Gasteiger partial charge in [-0.1, -0.05) is 18.2 Å². The Morgan fingerprint density at radius 2 is 2.00 bits per heavy atom. The minimum atomic E-state index is -4.48. The molecule has 0 saturated heterocycles. The number of alkyl halides is 3. The van der Waals surface area contributed by atoms with E-state index in [1.54, 1.807) is 6.07 Å². The van der Waals surface area contributed by atoms with Gasteiger partial charge < -0.3 is 14.6 Å². The van der Waals surface area contributed by atoms with Gasteiger partial charge in [-0.05, 0) is 51.9 Å². The lowest BCUT2D eigenvalue weighted by molar-refractivity contribution is -0.139. The molecule has 2 aromatic rings. The summed E-state index contributed by atoms with van der Waals surface area (Å²) in [6.07, 6.45) is -3.44. The van der Waals surface area contributed by atoms with Crippen molar-refractivity contribution >= 4 is 40.7 Å². The highest BCUT2D eigenvalue weighted by Crippen LogP contribution is 2.33. The summed E-state index contributed by atoms with van der Waals surface area (Å²) in [7, 11) is 1.39. The SMILES string of the molecule is COc1cc(/C=N/NC(=O)Cc2cccc(C(F)(F)F)c2)cc(I)c1OCC(=O)O. The van der Waals surface area contributed by atoms with E-state index in [0.717, 1.165) is 12.1 Å². The fourth-order valence-electron chi connectivity index (χ4n) is 2.35. The number of hydrogen-bond donors (Lipinski definition) is 2. The number of nitrogens with zero attached hydrogens (tertiary/aromatic N) is 1. The monoisotopic (exact) mass is 536 g/mol. The first kappa shape index (κ1) is 23.4. The average Bonchev–Trinajstić information content (AvgIpc) is 2.66. The molecule has 0 aliphatic carbocycles. The Hall–Kier alpha value is -2.83. The van der Waals surface area contributed by atoms with Crippen LogP contribution in [0.4, 0.5) is 13.2 Å². The predicted molar refractivity (Wildman–Crippen MR) is 110 cm³/mol. The number of aliphatic carboxylic acids is 1. The first-order valence-electron chi connectivity index (χ1n) is 8.30. The average molecular weight is 536 g/mol. The topological polar surface area (TPSA) is 97.2 Å². The lowest BCUT2D eigenvalue weighted by atomic mass is 10.1. The van der Waals surface area contributed by atoms with Gasteiger partial charge in [-0.3, -0.25) is 4.79 Å². The van der Waals surface area contributed by atoms with Gasteiger partial charge >= 0.3 is 12.1 Å². The van der Waals surface area contributed by atoms with Crippen molar-refractivity contribution < 1.29 is 37.3 Å². The van der Waals surface area contributed by atoms with Crippen molar-refractivity contribution in [1.82, 2.24) is 5.43 Å². The van der Waals surface area contributed by atoms with Crippen LogP contribution in [0.3, 0.4) is 0 Å². The van der Waals surface area contributed by atoms with E-state index in [0.29, 0.717) is 9.13 Å². The Morgan fingerprint density at radius 3 is 2.63 bits per heavy atom. The third-order valence-electron chi connectivity index (χ3n) is 3.61. The third kappa shape index (κ3) is 6.90. The standard InChI is InChI=1S/C19H16F3IN2O5/c1-29-15-7-12(6-14(23)18(15)30-10-17(27)28)9-24-25-16(26)8-11-3-2-4-13(5-11)19(20,21)22/h2-7,9H,8,10H2,1H3,(H,25,26)(H,27,28)/b24-9+. The van der Waals surface area contributed by atoms with Crippen molar-refractivity contribution in [2.45, 2.75) is 12.6 Å². The number of carbonyl (C=O) groups is 2. The van der Waals surface area contributed by atoms with Gasteiger partial charge in [0.1, 0.15) is 0 Å². The zero-order valence-electron chi connectivity index (χ0n) is 15.5. The molecule has 2 rings (SSSR count). The van der Waals surface area contributed by atoms with Crippen molar-refractivity contribution in [3.63, 3.8) is 0 Å². The Balaban J connectivity index is 2.03. The molecule has 0 spiro atoms. The summed E-state index contributed by atoms with van der Waals surface area (Å²) in [6, 6.07) is 7.65. The second kappa shape index (κ2) is 10.3. The molecule has 11 heteroatoms. The number of halogens is 4. The Kier molecular flexibility index (Phi) is 8.03. The first-order chi connectivity index (χ1) is 14.1. The maximum atomic E-state index is 12.7. The molecule has 0 radical (unpaired) electrons. The molecular weight excluding hydrogens is 520 g/mol. The number of ether oxygens (including phenoxy) is 2. The van der Waals surface area contributed by atoms with Crippen molar-refractivity contribution in [3.8, 4) is 11.5 Å². The minimum absolute atomic E-state index is 0.202. The normalized spacial score (nSPS) is 11.4. The number of carboxylic acid groups (broad SMARTS) is 1. The van der Waals surface area contributed by atoms with Gasteiger partial charge in [-0.2, -0.15) is 18.3 Å². The number of methoxy groups -OCH3 is 1. The molecule has 0 unspecified atom stereocenters. The minimum Gasteiger partial charge on any atom is -0.493 e. The highest BCUT2D eigenvalue weighted by atomic mass is 127. The van der Waals surface area contributed by atoms with Crippen molar-refractivity contribution in [2.75, 3.05) is 13.7 Å². The molecule has 0 aliphatic heterocycles. The molecular formula is C19H16F3IN2O5. The summed E-state index contributed by atoms with van der Waals surface area (Å²) < 4.78 is 49.1. The fourth-order valence-corrected chi connectivity index (χ4v) is 3.13. The van der Waals surface area contributed by atoms with Crippen LogP contribution in [0.15, 0.2) is 41.5 Å². The summed E-state index contributed by atoms with van der Waals surface area (Å²) in [5, 5.41) is 12.5. The van der Waals surface area contributed by atoms with Crippen LogP contribution in [0, 0.1) is 3.57 Å². The van der Waals surface area contributed by atoms with Crippen LogP contribution in [0.5, 0.6) is 11.5 Å². The second-order valence-electron chi connectivity index (χ2n) is 5.88. The number of amides is 1. The molecule has 0 atom stereocenters. The van der Waals surface area contributed by atoms with Gasteiger partial charge in [0.2, 0.25) is 5.91 Å². The molecule has 0 aromatic heterocycles. The molecule has 1 amide bonds. The first-order valence-corrected chi connectivity index (χ1v) is 9.38. The van der Waals surface area contributed by atoms with Crippen molar-refractivity contribution in [1.29, 1.82) is 0 Å². The van der Waals surface area contributed by atoms with Crippen LogP contribution >= 0.6 is 22.6 Å². The summed E-state index contributed by atoms with van der Waals surface area (Å²) in [5.74, 6) is -1.19. The maximum Gasteiger partial charge on any atom is 0.416 e. The van der Waals surface area contributed by atoms with Gasteiger partial charge in [0, 0.05) is 0 Å². The summed E-state index contributed by atoms with van der Waals surface area (Å²) in [5.41, 5.74) is 2.14. The molecule has 30 heavy (non-hydrogen) atoms. The van der Waals surface area contributed by atoms with E-state index in [1.165, 1.54) is 31.5 Å². The highest BCUT2D eigenvalue weighted by molar-refractivity contribution is 14.1. The number of nitrogens with one attached hydrogen (secondary N) is 1. The summed E-state index contributed by atoms with van der Waals surface area (Å²) in [6.45, 7) is -0.536. The number of hydrazone groups is 1. The number of benzene rings is 2. The quantitative estimate of drug-likeness (QED) is 0.306. The molecule has 2 N–H and O–H groups in total. The van der Waals surface area contributed by atoms with E-state index in [2.05, 4.69) is 10.5 Å². The zero-order chi connectivity index (χ0) is 22.3. The Labute approximate surface area is 183 Å². The molecule has 0 aliphatic rings. The number of carbonyl (C=O) groups excluding carboxylic acids is 1. The van der Waals surface area contributed by atoms with Crippen LogP contribution in [-0.2, 0) is 22.2 Å². The largest absolute Gasteiger partial charge is 0.493 e. The molecule has 7 nitrogen and oxygen atoms in total. The van der Waals surface area contributed by atoms with Crippen LogP contribution in [-0.4, -0.2) is 36.9 Å². The molecule has 0 bridgehead atoms. The molecule has 2 aromatic carbocycles. The third-order valence-corrected chi connectivity index (χ3v) is 4.41. The number of carboxylic acids is 1. The number of hydrogen-bond acceptors (Lipinski definition) is 5. The van der Waals surface area contributed by atoms with E-state index >= 15 is 0 Å². The molecule has 0 heterocycles. The smallest absolute Gasteiger partial charge is 0.416 e. The molecule has 0 fully saturated rings. The van der Waals surface area contributed by atoms with Crippen LogP contribution < -0.4 is 14.9 Å². The molecule has 0 saturated carbocycles. The Bertz CT molecular complexity index is 964. The second-order valence-corrected chi connectivity index (χ2v) is 7.05. The van der Waals surface area contributed by atoms with Crippen LogP contribution in [0.25, 0.3) is 0 Å². The van der Waals surface area contributed by atoms with Crippen molar-refractivity contribution in [2.24, 2.45) is 5.10 Å². The van der Waals surface area contributed by atoms with E-state index in [9.17, 15) is 22.8 Å². The van der Waals surface area contributed by atoms with Crippen molar-refractivity contribution in [3.05, 3.63) is 56.7 Å². The fraction of sp³-hybridized carbons (Fsp3) is 0.211. The van der Waals surface area contributed by atoms with Gasteiger partial charge in [0.25, 0.3) is 0 Å². The molecule has 160 valence electrons. The lowest BCUT2D eigenvalue weighted by Crippen LogP contribution is -2.20. The Morgan fingerprint density at radius 1 is 1.27 bits per heavy atom. The van der Waals surface area contributed by atoms with E-state index in [1.807, 2.05) is 22.6 Å². The van der Waals surface area contributed by atoms with Gasteiger partial charge in [-0.25, -0.2) is 10.2 Å². The van der Waals surface area contributed by atoms with Gasteiger partial charge in [0.15, 0.2) is 18.1 Å². The summed E-state index contributed by atoms with van der Waals surface area (Å²) in [4.78, 5) is 22.6. The predicted octanol–water partition coefficient (Wildman–Crippen LogP) is 3.47. The zero-order valence-corrected chi connectivity index (χ0v) is 17.7. The highest BCUT2D eigenvalue weighted by Gasteiger charge is 2.30. The maximum absolute atomic E-state index is 12.7.